The van der Waals surface area contributed by atoms with Gasteiger partial charge in [-0.1, -0.05) is 26.7 Å². The van der Waals surface area contributed by atoms with E-state index in [2.05, 4.69) is 41.4 Å². The van der Waals surface area contributed by atoms with Crippen molar-refractivity contribution in [2.45, 2.75) is 64.9 Å². The summed E-state index contributed by atoms with van der Waals surface area (Å²) in [4.78, 5) is 9.23. The van der Waals surface area contributed by atoms with E-state index in [4.69, 9.17) is 0 Å². The van der Waals surface area contributed by atoms with Gasteiger partial charge in [0.05, 0.1) is 5.60 Å². The van der Waals surface area contributed by atoms with Crippen molar-refractivity contribution in [3.8, 4) is 0 Å². The molecule has 0 radical (unpaired) electrons. The molecule has 0 atom stereocenters. The van der Waals surface area contributed by atoms with E-state index in [1.807, 2.05) is 6.92 Å². The average Bonchev–Trinajstić information content (AvgIpc) is 2.87. The van der Waals surface area contributed by atoms with Gasteiger partial charge in [0.15, 0.2) is 0 Å². The molecule has 1 heterocycles. The van der Waals surface area contributed by atoms with Crippen LogP contribution in [0.3, 0.4) is 0 Å². The highest BCUT2D eigenvalue weighted by Gasteiger charge is 2.31. The van der Waals surface area contributed by atoms with E-state index in [1.54, 1.807) is 0 Å². The summed E-state index contributed by atoms with van der Waals surface area (Å²) in [5.41, 5.74) is 0.441. The molecule has 2 rings (SSSR count). The number of hydrogen-bond donors (Lipinski definition) is 3. The van der Waals surface area contributed by atoms with Gasteiger partial charge in [0.2, 0.25) is 0 Å². The summed E-state index contributed by atoms with van der Waals surface area (Å²) >= 11 is 0. The molecular formula is C16H28N4O. The number of aromatic nitrogens is 2. The fourth-order valence-corrected chi connectivity index (χ4v) is 2.76. The zero-order valence-electron chi connectivity index (χ0n) is 13.7. The largest absolute Gasteiger partial charge is 0.388 e. The summed E-state index contributed by atoms with van der Waals surface area (Å²) < 4.78 is 0. The van der Waals surface area contributed by atoms with Crippen LogP contribution in [0.1, 0.15) is 63.8 Å². The minimum atomic E-state index is -0.576. The molecule has 0 bridgehead atoms. The Bertz CT molecular complexity index is 481. The number of anilines is 2. The summed E-state index contributed by atoms with van der Waals surface area (Å²) in [5, 5.41) is 17.1. The minimum absolute atomic E-state index is 0.276. The second-order valence-corrected chi connectivity index (χ2v) is 6.37. The van der Waals surface area contributed by atoms with Crippen molar-refractivity contribution in [1.82, 2.24) is 9.97 Å². The first-order chi connectivity index (χ1) is 9.95. The number of nitrogens with one attached hydrogen (secondary N) is 2. The molecule has 0 aromatic carbocycles. The van der Waals surface area contributed by atoms with Crippen molar-refractivity contribution < 1.29 is 5.11 Å². The molecule has 1 aliphatic rings. The van der Waals surface area contributed by atoms with Crippen molar-refractivity contribution in [3.63, 3.8) is 0 Å². The highest BCUT2D eigenvalue weighted by molar-refractivity contribution is 5.57. The lowest BCUT2D eigenvalue weighted by atomic mass is 10.0. The smallest absolute Gasteiger partial charge is 0.135 e. The van der Waals surface area contributed by atoms with Gasteiger partial charge in [-0.05, 0) is 26.7 Å². The summed E-state index contributed by atoms with van der Waals surface area (Å²) in [5.74, 6) is 2.83. The van der Waals surface area contributed by atoms with Crippen LogP contribution in [0.2, 0.25) is 0 Å². The van der Waals surface area contributed by atoms with E-state index < -0.39 is 5.60 Å². The number of hydrogen-bond acceptors (Lipinski definition) is 5. The molecule has 118 valence electrons. The molecule has 0 amide bonds. The Morgan fingerprint density at radius 3 is 2.24 bits per heavy atom. The Balaban J connectivity index is 2.20. The van der Waals surface area contributed by atoms with E-state index in [-0.39, 0.29) is 5.92 Å². The maximum Gasteiger partial charge on any atom is 0.135 e. The Hall–Kier alpha value is -1.36. The van der Waals surface area contributed by atoms with Gasteiger partial charge in [0, 0.05) is 24.6 Å². The van der Waals surface area contributed by atoms with Crippen molar-refractivity contribution in [2.24, 2.45) is 0 Å². The molecular weight excluding hydrogens is 264 g/mol. The van der Waals surface area contributed by atoms with Crippen LogP contribution >= 0.6 is 0 Å². The molecule has 1 fully saturated rings. The zero-order valence-corrected chi connectivity index (χ0v) is 13.7. The third-order valence-electron chi connectivity index (χ3n) is 4.14. The SMILES string of the molecule is CCNc1nc(C(C)C)nc(NCC2(O)CCCC2)c1C. The maximum atomic E-state index is 10.5. The predicted octanol–water partition coefficient (Wildman–Crippen LogP) is 3.06. The Morgan fingerprint density at radius 2 is 1.71 bits per heavy atom. The van der Waals surface area contributed by atoms with Crippen LogP contribution in [-0.2, 0) is 0 Å². The van der Waals surface area contributed by atoms with Gasteiger partial charge in [0.25, 0.3) is 0 Å². The van der Waals surface area contributed by atoms with E-state index >= 15 is 0 Å². The monoisotopic (exact) mass is 292 g/mol. The summed E-state index contributed by atoms with van der Waals surface area (Å²) in [7, 11) is 0. The molecule has 0 saturated heterocycles. The first kappa shape index (κ1) is 16.0. The van der Waals surface area contributed by atoms with E-state index in [0.29, 0.717) is 6.54 Å². The van der Waals surface area contributed by atoms with Gasteiger partial charge >= 0.3 is 0 Å². The van der Waals surface area contributed by atoms with Crippen molar-refractivity contribution in [3.05, 3.63) is 11.4 Å². The van der Waals surface area contributed by atoms with Crippen molar-refractivity contribution in [2.75, 3.05) is 23.7 Å². The summed E-state index contributed by atoms with van der Waals surface area (Å²) in [6.07, 6.45) is 3.98. The molecule has 1 aromatic heterocycles. The van der Waals surface area contributed by atoms with E-state index in [0.717, 1.165) is 55.3 Å². The first-order valence-electron chi connectivity index (χ1n) is 8.04. The number of aliphatic hydroxyl groups is 1. The van der Waals surface area contributed by atoms with Crippen LogP contribution in [-0.4, -0.2) is 33.8 Å². The Kier molecular flexibility index (Phi) is 5.04. The maximum absolute atomic E-state index is 10.5. The average molecular weight is 292 g/mol. The summed E-state index contributed by atoms with van der Waals surface area (Å²) in [6, 6.07) is 0. The molecule has 5 nitrogen and oxygen atoms in total. The molecule has 0 unspecified atom stereocenters. The molecule has 21 heavy (non-hydrogen) atoms. The predicted molar refractivity (Wildman–Crippen MR) is 86.9 cm³/mol. The van der Waals surface area contributed by atoms with Gasteiger partial charge in [-0.15, -0.1) is 0 Å². The Labute approximate surface area is 127 Å². The number of rotatable bonds is 6. The van der Waals surface area contributed by atoms with Gasteiger partial charge < -0.3 is 15.7 Å². The van der Waals surface area contributed by atoms with Crippen LogP contribution in [0.15, 0.2) is 0 Å². The van der Waals surface area contributed by atoms with E-state index in [1.165, 1.54) is 0 Å². The second kappa shape index (κ2) is 6.60. The highest BCUT2D eigenvalue weighted by atomic mass is 16.3. The van der Waals surface area contributed by atoms with Crippen LogP contribution in [0.5, 0.6) is 0 Å². The second-order valence-electron chi connectivity index (χ2n) is 6.37. The molecule has 1 aliphatic carbocycles. The minimum Gasteiger partial charge on any atom is -0.388 e. The van der Waals surface area contributed by atoms with E-state index in [9.17, 15) is 5.11 Å². The molecule has 5 heteroatoms. The lowest BCUT2D eigenvalue weighted by Crippen LogP contribution is -2.34. The van der Waals surface area contributed by atoms with Crippen molar-refractivity contribution >= 4 is 11.6 Å². The fourth-order valence-electron chi connectivity index (χ4n) is 2.76. The Morgan fingerprint density at radius 1 is 1.14 bits per heavy atom. The van der Waals surface area contributed by atoms with Crippen molar-refractivity contribution in [1.29, 1.82) is 0 Å². The van der Waals surface area contributed by atoms with Gasteiger partial charge in [0.1, 0.15) is 17.5 Å². The normalized spacial score (nSPS) is 17.2. The number of nitrogens with zero attached hydrogens (tertiary/aromatic N) is 2. The summed E-state index contributed by atoms with van der Waals surface area (Å²) in [6.45, 7) is 9.66. The van der Waals surface area contributed by atoms with Crippen LogP contribution < -0.4 is 10.6 Å². The molecule has 0 aliphatic heterocycles. The lowest BCUT2D eigenvalue weighted by molar-refractivity contribution is 0.0614. The fraction of sp³-hybridized carbons (Fsp3) is 0.750. The van der Waals surface area contributed by atoms with Crippen LogP contribution in [0.25, 0.3) is 0 Å². The third-order valence-corrected chi connectivity index (χ3v) is 4.14. The molecule has 1 aromatic rings. The third kappa shape index (κ3) is 3.84. The highest BCUT2D eigenvalue weighted by Crippen LogP contribution is 2.30. The van der Waals surface area contributed by atoms with Crippen LogP contribution in [0, 0.1) is 6.92 Å². The zero-order chi connectivity index (χ0) is 15.5. The van der Waals surface area contributed by atoms with Gasteiger partial charge in [-0.2, -0.15) is 0 Å². The molecule has 3 N–H and O–H groups in total. The molecule has 0 spiro atoms. The lowest BCUT2D eigenvalue weighted by Gasteiger charge is -2.24. The topological polar surface area (TPSA) is 70.1 Å². The van der Waals surface area contributed by atoms with Gasteiger partial charge in [-0.3, -0.25) is 0 Å². The standard InChI is InChI=1S/C16H28N4O/c1-5-17-14-12(4)15(20-13(19-14)11(2)3)18-10-16(21)8-6-7-9-16/h11,21H,5-10H2,1-4H3,(H2,17,18,19,20). The molecule has 1 saturated carbocycles. The first-order valence-corrected chi connectivity index (χ1v) is 8.04. The quantitative estimate of drug-likeness (QED) is 0.752. The van der Waals surface area contributed by atoms with Gasteiger partial charge in [-0.25, -0.2) is 9.97 Å². The van der Waals surface area contributed by atoms with Crippen LogP contribution in [0.4, 0.5) is 11.6 Å².